The molecule has 2 N–H and O–H groups in total. The number of carbonyl (C=O) groups excluding carboxylic acids is 2. The summed E-state index contributed by atoms with van der Waals surface area (Å²) in [6, 6.07) is 9.10. The molecule has 11 heteroatoms. The van der Waals surface area contributed by atoms with Crippen molar-refractivity contribution in [1.82, 2.24) is 15.2 Å². The maximum atomic E-state index is 13.6. The Morgan fingerprint density at radius 3 is 2.38 bits per heavy atom. The number of carbonyl (C=O) groups is 2. The van der Waals surface area contributed by atoms with E-state index in [1.54, 1.807) is 20.8 Å². The van der Waals surface area contributed by atoms with Crippen molar-refractivity contribution in [2.24, 2.45) is 0 Å². The lowest BCUT2D eigenvalue weighted by Crippen LogP contribution is -2.35. The van der Waals surface area contributed by atoms with Gasteiger partial charge in [-0.2, -0.15) is 8.42 Å². The number of fused-ring (bicyclic) bond motifs is 2. The van der Waals surface area contributed by atoms with Crippen molar-refractivity contribution in [3.05, 3.63) is 47.0 Å². The zero-order valence-corrected chi connectivity index (χ0v) is 24.3. The van der Waals surface area contributed by atoms with Crippen LogP contribution in [0.2, 0.25) is 0 Å². The molecule has 1 aliphatic rings. The monoisotopic (exact) mass is 557 g/mol. The van der Waals surface area contributed by atoms with Gasteiger partial charge in [0.1, 0.15) is 5.60 Å². The van der Waals surface area contributed by atoms with Gasteiger partial charge in [0.15, 0.2) is 11.5 Å². The summed E-state index contributed by atoms with van der Waals surface area (Å²) in [6.07, 6.45) is 0.305. The average molecular weight is 558 g/mol. The molecule has 0 radical (unpaired) electrons. The van der Waals surface area contributed by atoms with E-state index in [0.717, 1.165) is 17.2 Å². The van der Waals surface area contributed by atoms with Crippen LogP contribution in [0, 0.1) is 0 Å². The second-order valence-corrected chi connectivity index (χ2v) is 13.2. The fourth-order valence-corrected chi connectivity index (χ4v) is 4.91. The van der Waals surface area contributed by atoms with Crippen LogP contribution >= 0.6 is 0 Å². The molecule has 0 unspecified atom stereocenters. The predicted octanol–water partition coefficient (Wildman–Crippen LogP) is 4.57. The number of methoxy groups -OCH3 is 1. The van der Waals surface area contributed by atoms with Gasteiger partial charge in [0.2, 0.25) is 0 Å². The molecule has 0 spiro atoms. The number of nitrogens with one attached hydrogen (secondary N) is 2. The van der Waals surface area contributed by atoms with Crippen LogP contribution in [-0.2, 0) is 27.9 Å². The molecule has 4 rings (SSSR count). The molecule has 0 bridgehead atoms. The van der Waals surface area contributed by atoms with Crippen LogP contribution < -0.4 is 19.6 Å². The van der Waals surface area contributed by atoms with Crippen molar-refractivity contribution in [2.45, 2.75) is 65.8 Å². The summed E-state index contributed by atoms with van der Waals surface area (Å²) in [5, 5.41) is 6.96. The number of rotatable bonds is 6. The Morgan fingerprint density at radius 2 is 1.79 bits per heavy atom. The molecule has 0 fully saturated rings. The Labute approximate surface area is 228 Å². The summed E-state index contributed by atoms with van der Waals surface area (Å²) in [7, 11) is -2.54. The van der Waals surface area contributed by atoms with E-state index >= 15 is 0 Å². The molecule has 210 valence electrons. The smallest absolute Gasteiger partial charge is 0.419 e. The molecule has 1 aliphatic heterocycles. The zero-order valence-electron chi connectivity index (χ0n) is 23.5. The second kappa shape index (κ2) is 9.87. The van der Waals surface area contributed by atoms with Crippen molar-refractivity contribution in [3.8, 4) is 22.8 Å². The third-order valence-electron chi connectivity index (χ3n) is 5.99. The largest absolute Gasteiger partial charge is 0.493 e. The summed E-state index contributed by atoms with van der Waals surface area (Å²) in [6.45, 7) is 12.2. The molecule has 3 aromatic rings. The Balaban J connectivity index is 1.98. The zero-order chi connectivity index (χ0) is 28.9. The van der Waals surface area contributed by atoms with Crippen LogP contribution in [0.5, 0.6) is 11.5 Å². The van der Waals surface area contributed by atoms with Crippen LogP contribution in [0.1, 0.15) is 63.0 Å². The normalized spacial score (nSPS) is 13.8. The van der Waals surface area contributed by atoms with Crippen molar-refractivity contribution in [2.75, 3.05) is 13.4 Å². The van der Waals surface area contributed by atoms with E-state index in [4.69, 9.17) is 13.7 Å². The van der Waals surface area contributed by atoms with Crippen LogP contribution in [0.4, 0.5) is 4.79 Å². The number of hydrogen-bond donors (Lipinski definition) is 2. The maximum Gasteiger partial charge on any atom is 0.419 e. The number of hydrogen-bond acceptors (Lipinski definition) is 8. The predicted molar refractivity (Wildman–Crippen MR) is 149 cm³/mol. The lowest BCUT2D eigenvalue weighted by atomic mass is 9.98. The number of ether oxygens (including phenoxy) is 2. The van der Waals surface area contributed by atoms with Gasteiger partial charge < -0.3 is 24.3 Å². The van der Waals surface area contributed by atoms with E-state index in [0.29, 0.717) is 28.9 Å². The molecule has 0 atom stereocenters. The van der Waals surface area contributed by atoms with Crippen LogP contribution in [0.15, 0.2) is 30.3 Å². The van der Waals surface area contributed by atoms with E-state index in [-0.39, 0.29) is 29.1 Å². The third kappa shape index (κ3) is 6.20. The van der Waals surface area contributed by atoms with E-state index in [1.165, 1.54) is 17.7 Å². The number of aromatic nitrogens is 1. The fraction of sp³-hybridized carbons (Fsp3) is 0.429. The van der Waals surface area contributed by atoms with Gasteiger partial charge in [0.25, 0.3) is 5.91 Å². The minimum absolute atomic E-state index is 0.0402. The summed E-state index contributed by atoms with van der Waals surface area (Å²) in [5.74, 6) is -0.369. The summed E-state index contributed by atoms with van der Waals surface area (Å²) >= 11 is 0. The van der Waals surface area contributed by atoms with Crippen molar-refractivity contribution in [3.63, 3.8) is 0 Å². The Morgan fingerprint density at radius 1 is 1.10 bits per heavy atom. The third-order valence-corrected chi connectivity index (χ3v) is 6.46. The number of amides is 1. The van der Waals surface area contributed by atoms with E-state index in [2.05, 4.69) is 31.4 Å². The van der Waals surface area contributed by atoms with Gasteiger partial charge >= 0.3 is 16.2 Å². The first-order chi connectivity index (χ1) is 18.0. The lowest BCUT2D eigenvalue weighted by molar-refractivity contribution is 0.0546. The molecule has 0 aliphatic carbocycles. The van der Waals surface area contributed by atoms with Gasteiger partial charge in [-0.15, -0.1) is 0 Å². The topological polar surface area (TPSA) is 125 Å². The number of benzene rings is 2. The molecule has 39 heavy (non-hydrogen) atoms. The Hall–Kier alpha value is -3.57. The van der Waals surface area contributed by atoms with Crippen LogP contribution in [0.25, 0.3) is 22.2 Å². The first-order valence-electron chi connectivity index (χ1n) is 12.5. The lowest BCUT2D eigenvalue weighted by Gasteiger charge is -2.22. The molecule has 1 amide bonds. The Bertz CT molecular complexity index is 1580. The second-order valence-electron chi connectivity index (χ2n) is 11.6. The van der Waals surface area contributed by atoms with E-state index in [9.17, 15) is 18.0 Å². The first kappa shape index (κ1) is 28.4. The standard InChI is InChI=1S/C28H35N3O7S/c1-27(2,3)30-14-16-9-10-20-17(11-16)12-21(31(20)26(33)37-28(4,5)6)18-13-22(36-7)24(38-39(8,34)35)19-15-29-25(32)23(18)19/h9-13,30H,14-15H2,1-8H3,(H,29,32). The molecule has 1 aromatic heterocycles. The average Bonchev–Trinajstić information content (AvgIpc) is 3.36. The van der Waals surface area contributed by atoms with Crippen LogP contribution in [-0.4, -0.2) is 49.5 Å². The van der Waals surface area contributed by atoms with Crippen molar-refractivity contribution >= 4 is 33.0 Å². The summed E-state index contributed by atoms with van der Waals surface area (Å²) in [5.41, 5.74) is 2.08. The van der Waals surface area contributed by atoms with Crippen molar-refractivity contribution < 1.29 is 31.7 Å². The molecule has 2 heterocycles. The minimum atomic E-state index is -3.91. The number of nitrogens with zero attached hydrogens (tertiary/aromatic N) is 1. The highest BCUT2D eigenvalue weighted by atomic mass is 32.2. The van der Waals surface area contributed by atoms with Gasteiger partial charge in [-0.1, -0.05) is 6.07 Å². The van der Waals surface area contributed by atoms with E-state index in [1.807, 2.05) is 24.3 Å². The molecular weight excluding hydrogens is 522 g/mol. The highest BCUT2D eigenvalue weighted by Gasteiger charge is 2.34. The highest BCUT2D eigenvalue weighted by Crippen LogP contribution is 2.44. The van der Waals surface area contributed by atoms with Crippen molar-refractivity contribution in [1.29, 1.82) is 0 Å². The van der Waals surface area contributed by atoms with Gasteiger partial charge in [-0.3, -0.25) is 4.79 Å². The highest BCUT2D eigenvalue weighted by molar-refractivity contribution is 7.86. The fourth-order valence-electron chi connectivity index (χ4n) is 4.42. The Kier molecular flexibility index (Phi) is 7.20. The molecule has 0 saturated heterocycles. The van der Waals surface area contributed by atoms with Crippen LogP contribution in [0.3, 0.4) is 0 Å². The first-order valence-corrected chi connectivity index (χ1v) is 14.3. The maximum absolute atomic E-state index is 13.6. The SMILES string of the molecule is COc1cc(-c2cc3cc(CNC(C)(C)C)ccc3n2C(=O)OC(C)(C)C)c2c(c1OS(C)(=O)=O)CNC2=O. The van der Waals surface area contributed by atoms with Gasteiger partial charge in [-0.25, -0.2) is 9.36 Å². The summed E-state index contributed by atoms with van der Waals surface area (Å²) < 4.78 is 41.9. The molecular formula is C28H35N3O7S. The molecule has 2 aromatic carbocycles. The molecule has 10 nitrogen and oxygen atoms in total. The van der Waals surface area contributed by atoms with Gasteiger partial charge in [0, 0.05) is 35.1 Å². The summed E-state index contributed by atoms with van der Waals surface area (Å²) in [4.78, 5) is 26.6. The van der Waals surface area contributed by atoms with Gasteiger partial charge in [-0.05, 0) is 71.4 Å². The molecule has 0 saturated carbocycles. The van der Waals surface area contributed by atoms with Gasteiger partial charge in [0.05, 0.1) is 30.1 Å². The quantitative estimate of drug-likeness (QED) is 0.423. The van der Waals surface area contributed by atoms with E-state index < -0.39 is 27.7 Å². The minimum Gasteiger partial charge on any atom is -0.493 e.